The Balaban J connectivity index is 1.40. The molecule has 2 amide bonds. The van der Waals surface area contributed by atoms with Gasteiger partial charge in [0.25, 0.3) is 0 Å². The molecule has 4 rings (SSSR count). The van der Waals surface area contributed by atoms with Crippen molar-refractivity contribution < 1.29 is 9.59 Å². The van der Waals surface area contributed by atoms with Crippen LogP contribution < -0.4 is 11.0 Å². The highest BCUT2D eigenvalue weighted by atomic mass is 16.2. The summed E-state index contributed by atoms with van der Waals surface area (Å²) in [6, 6.07) is 16.5. The first-order valence-corrected chi connectivity index (χ1v) is 10.9. The van der Waals surface area contributed by atoms with Gasteiger partial charge in [-0.25, -0.2) is 4.79 Å². The van der Waals surface area contributed by atoms with E-state index in [4.69, 9.17) is 0 Å². The maximum atomic E-state index is 13.0. The minimum absolute atomic E-state index is 0.0156. The summed E-state index contributed by atoms with van der Waals surface area (Å²) in [5.74, 6) is -0.142. The third-order valence-electron chi connectivity index (χ3n) is 6.04. The van der Waals surface area contributed by atoms with E-state index in [0.717, 1.165) is 28.9 Å². The highest BCUT2D eigenvalue weighted by Gasteiger charge is 2.34. The summed E-state index contributed by atoms with van der Waals surface area (Å²) in [6.07, 6.45) is 3.48. The van der Waals surface area contributed by atoms with Gasteiger partial charge in [0.1, 0.15) is 6.04 Å². The fraction of sp³-hybridized carbons (Fsp3) is 0.320. The number of aromatic nitrogens is 2. The largest absolute Gasteiger partial charge is 0.348 e. The zero-order chi connectivity index (χ0) is 22.7. The van der Waals surface area contributed by atoms with E-state index in [2.05, 4.69) is 10.3 Å². The highest BCUT2D eigenvalue weighted by Crippen LogP contribution is 2.21. The Labute approximate surface area is 187 Å². The molecule has 0 saturated carbocycles. The summed E-state index contributed by atoms with van der Waals surface area (Å²) in [5.41, 5.74) is 3.30. The molecule has 166 valence electrons. The summed E-state index contributed by atoms with van der Waals surface area (Å²) in [7, 11) is 0. The van der Waals surface area contributed by atoms with E-state index >= 15 is 0 Å². The van der Waals surface area contributed by atoms with Gasteiger partial charge in [0.15, 0.2) is 0 Å². The molecule has 1 saturated heterocycles. The lowest BCUT2D eigenvalue weighted by Gasteiger charge is -2.26. The van der Waals surface area contributed by atoms with Crippen LogP contribution >= 0.6 is 0 Å². The van der Waals surface area contributed by atoms with Crippen LogP contribution in [0.4, 0.5) is 0 Å². The van der Waals surface area contributed by atoms with Gasteiger partial charge in [0, 0.05) is 18.4 Å². The molecule has 2 unspecified atom stereocenters. The summed E-state index contributed by atoms with van der Waals surface area (Å²) in [6.45, 7) is 4.39. The Bertz CT molecular complexity index is 1150. The first-order valence-electron chi connectivity index (χ1n) is 10.9. The zero-order valence-corrected chi connectivity index (χ0v) is 18.4. The van der Waals surface area contributed by atoms with Crippen LogP contribution in [0, 0.1) is 6.92 Å². The molecule has 0 spiro atoms. The lowest BCUT2D eigenvalue weighted by molar-refractivity contribution is -0.138. The van der Waals surface area contributed by atoms with Crippen LogP contribution in [0.5, 0.6) is 0 Å². The summed E-state index contributed by atoms with van der Waals surface area (Å²) >= 11 is 0. The molecule has 0 bridgehead atoms. The maximum Gasteiger partial charge on any atom is 0.330 e. The predicted molar refractivity (Wildman–Crippen MR) is 123 cm³/mol. The van der Waals surface area contributed by atoms with Crippen LogP contribution in [0.25, 0.3) is 5.69 Å². The van der Waals surface area contributed by atoms with Gasteiger partial charge in [-0.3, -0.25) is 14.2 Å². The molecule has 0 radical (unpaired) electrons. The molecule has 7 nitrogen and oxygen atoms in total. The number of hydrogen-bond acceptors (Lipinski definition) is 3. The second-order valence-corrected chi connectivity index (χ2v) is 8.30. The fourth-order valence-corrected chi connectivity index (χ4v) is 4.29. The van der Waals surface area contributed by atoms with Gasteiger partial charge in [-0.05, 0) is 49.9 Å². The number of nitrogens with zero attached hydrogens (tertiary/aromatic N) is 2. The van der Waals surface area contributed by atoms with Crippen molar-refractivity contribution in [1.29, 1.82) is 0 Å². The molecule has 7 heteroatoms. The number of H-pyrrole nitrogens is 1. The van der Waals surface area contributed by atoms with Crippen molar-refractivity contribution in [2.75, 3.05) is 6.54 Å². The van der Waals surface area contributed by atoms with Gasteiger partial charge < -0.3 is 15.2 Å². The Morgan fingerprint density at radius 3 is 2.50 bits per heavy atom. The standard InChI is InChI=1S/C25H28N4O3/c1-17-16-26-25(32)29(17)21-12-10-20(11-13-21)18(2)27-24(31)22-9-6-14-28(22)23(30)15-19-7-4-3-5-8-19/h3-5,7-8,10-13,16,18,22H,6,9,14-15H2,1-2H3,(H,26,32)(H,27,31). The number of carbonyl (C=O) groups is 2. The van der Waals surface area contributed by atoms with Crippen LogP contribution in [0.3, 0.4) is 0 Å². The van der Waals surface area contributed by atoms with Gasteiger partial charge in [0.2, 0.25) is 11.8 Å². The van der Waals surface area contributed by atoms with E-state index in [1.807, 2.05) is 68.4 Å². The average Bonchev–Trinajstić information content (AvgIpc) is 3.41. The smallest absolute Gasteiger partial charge is 0.330 e. The van der Waals surface area contributed by atoms with Crippen molar-refractivity contribution in [2.24, 2.45) is 0 Å². The lowest BCUT2D eigenvalue weighted by Crippen LogP contribution is -2.47. The van der Waals surface area contributed by atoms with Gasteiger partial charge in [-0.1, -0.05) is 42.5 Å². The number of benzene rings is 2. The van der Waals surface area contributed by atoms with Crippen molar-refractivity contribution >= 4 is 11.8 Å². The van der Waals surface area contributed by atoms with E-state index in [9.17, 15) is 14.4 Å². The average molecular weight is 433 g/mol. The monoisotopic (exact) mass is 432 g/mol. The first-order chi connectivity index (χ1) is 15.4. The molecule has 2 heterocycles. The molecule has 2 N–H and O–H groups in total. The van der Waals surface area contributed by atoms with Gasteiger partial charge in [-0.2, -0.15) is 0 Å². The molecule has 2 aromatic carbocycles. The number of amides is 2. The topological polar surface area (TPSA) is 87.2 Å². The number of likely N-dealkylation sites (tertiary alicyclic amines) is 1. The summed E-state index contributed by atoms with van der Waals surface area (Å²) in [5, 5.41) is 3.06. The Hall–Kier alpha value is -3.61. The van der Waals surface area contributed by atoms with Gasteiger partial charge in [0.05, 0.1) is 18.2 Å². The minimum Gasteiger partial charge on any atom is -0.348 e. The zero-order valence-electron chi connectivity index (χ0n) is 18.4. The number of rotatable bonds is 6. The number of carbonyl (C=O) groups excluding carboxylic acids is 2. The molecular weight excluding hydrogens is 404 g/mol. The molecule has 1 aliphatic rings. The van der Waals surface area contributed by atoms with Crippen LogP contribution in [-0.4, -0.2) is 38.9 Å². The fourth-order valence-electron chi connectivity index (χ4n) is 4.29. The van der Waals surface area contributed by atoms with E-state index in [1.165, 1.54) is 0 Å². The number of hydrogen-bond donors (Lipinski definition) is 2. The maximum absolute atomic E-state index is 13.0. The highest BCUT2D eigenvalue weighted by molar-refractivity contribution is 5.89. The van der Waals surface area contributed by atoms with Crippen LogP contribution in [0.15, 0.2) is 65.6 Å². The molecule has 3 aromatic rings. The van der Waals surface area contributed by atoms with Gasteiger partial charge in [-0.15, -0.1) is 0 Å². The van der Waals surface area contributed by atoms with Crippen molar-refractivity contribution in [3.63, 3.8) is 0 Å². The second kappa shape index (κ2) is 9.26. The number of imidazole rings is 1. The molecular formula is C25H28N4O3. The van der Waals surface area contributed by atoms with E-state index in [-0.39, 0.29) is 23.5 Å². The van der Waals surface area contributed by atoms with Crippen LogP contribution in [0.1, 0.15) is 42.6 Å². The number of aromatic amines is 1. The Kier molecular flexibility index (Phi) is 6.25. The normalized spacial score (nSPS) is 16.7. The first kappa shape index (κ1) is 21.6. The van der Waals surface area contributed by atoms with Crippen LogP contribution in [0.2, 0.25) is 0 Å². The van der Waals surface area contributed by atoms with Gasteiger partial charge >= 0.3 is 5.69 Å². The molecule has 2 atom stereocenters. The number of nitrogens with one attached hydrogen (secondary N) is 2. The molecule has 1 aromatic heterocycles. The minimum atomic E-state index is -0.436. The molecule has 0 aliphatic carbocycles. The van der Waals surface area contributed by atoms with E-state index < -0.39 is 6.04 Å². The van der Waals surface area contributed by atoms with Crippen LogP contribution in [-0.2, 0) is 16.0 Å². The third kappa shape index (κ3) is 4.51. The second-order valence-electron chi connectivity index (χ2n) is 8.30. The molecule has 32 heavy (non-hydrogen) atoms. The Morgan fingerprint density at radius 1 is 1.12 bits per heavy atom. The summed E-state index contributed by atoms with van der Waals surface area (Å²) < 4.78 is 1.60. The Morgan fingerprint density at radius 2 is 1.84 bits per heavy atom. The van der Waals surface area contributed by atoms with E-state index in [0.29, 0.717) is 19.4 Å². The van der Waals surface area contributed by atoms with Crippen molar-refractivity contribution in [2.45, 2.75) is 45.2 Å². The quantitative estimate of drug-likeness (QED) is 0.628. The third-order valence-corrected chi connectivity index (χ3v) is 6.04. The molecule has 1 fully saturated rings. The van der Waals surface area contributed by atoms with Crippen molar-refractivity contribution in [3.05, 3.63) is 88.1 Å². The lowest BCUT2D eigenvalue weighted by atomic mass is 10.1. The molecule has 1 aliphatic heterocycles. The summed E-state index contributed by atoms with van der Waals surface area (Å²) in [4.78, 5) is 42.1. The van der Waals surface area contributed by atoms with Crippen molar-refractivity contribution in [3.8, 4) is 5.69 Å². The number of aryl methyl sites for hydroxylation is 1. The SMILES string of the molecule is Cc1c[nH]c(=O)n1-c1ccc(C(C)NC(=O)C2CCCN2C(=O)Cc2ccccc2)cc1. The van der Waals surface area contributed by atoms with E-state index in [1.54, 1.807) is 15.7 Å². The van der Waals surface area contributed by atoms with Crippen molar-refractivity contribution in [1.82, 2.24) is 19.8 Å². The predicted octanol–water partition coefficient (Wildman–Crippen LogP) is 2.88.